The maximum Gasteiger partial charge on any atom is 0.244 e. The van der Waals surface area contributed by atoms with Crippen molar-refractivity contribution in [2.24, 2.45) is 0 Å². The molecule has 0 heterocycles. The second-order valence-electron chi connectivity index (χ2n) is 5.86. The third-order valence-corrected chi connectivity index (χ3v) is 3.84. The molecule has 0 saturated carbocycles. The highest BCUT2D eigenvalue weighted by Crippen LogP contribution is 2.27. The average molecular weight is 355 g/mol. The molecule has 1 amide bonds. The molecule has 1 N–H and O–H groups in total. The first kappa shape index (κ1) is 19.4. The van der Waals surface area contributed by atoms with Crippen molar-refractivity contribution in [1.29, 1.82) is 0 Å². The molecule has 2 aromatic carbocycles. The molecule has 0 fully saturated rings. The van der Waals surface area contributed by atoms with Gasteiger partial charge >= 0.3 is 0 Å². The minimum Gasteiger partial charge on any atom is -0.493 e. The molecule has 0 aliphatic rings. The average Bonchev–Trinajstić information content (AvgIpc) is 2.65. The molecule has 0 radical (unpaired) electrons. The van der Waals surface area contributed by atoms with Gasteiger partial charge in [-0.05, 0) is 54.8 Å². The van der Waals surface area contributed by atoms with Crippen LogP contribution >= 0.6 is 0 Å². The molecule has 0 aliphatic heterocycles. The highest BCUT2D eigenvalue weighted by molar-refractivity contribution is 5.91. The van der Waals surface area contributed by atoms with E-state index >= 15 is 0 Å². The van der Waals surface area contributed by atoms with E-state index in [0.717, 1.165) is 22.4 Å². The first-order valence-electron chi connectivity index (χ1n) is 8.41. The summed E-state index contributed by atoms with van der Waals surface area (Å²) < 4.78 is 16.2. The molecule has 0 bridgehead atoms. The van der Waals surface area contributed by atoms with E-state index in [0.29, 0.717) is 24.7 Å². The van der Waals surface area contributed by atoms with Crippen molar-refractivity contribution in [3.05, 3.63) is 59.2 Å². The lowest BCUT2D eigenvalue weighted by molar-refractivity contribution is -0.116. The molecule has 0 spiro atoms. The standard InChI is InChI=1S/C21H25NO4/c1-15-5-6-16(2)19(13-15)26-12-11-22-21(23)10-8-17-7-9-18(24-3)20(14-17)25-4/h5-10,13-14H,11-12H2,1-4H3,(H,22,23)/b10-8+. The fourth-order valence-electron chi connectivity index (χ4n) is 2.39. The van der Waals surface area contributed by atoms with E-state index < -0.39 is 0 Å². The van der Waals surface area contributed by atoms with Crippen LogP contribution in [0.5, 0.6) is 17.2 Å². The predicted molar refractivity (Wildman–Crippen MR) is 103 cm³/mol. The summed E-state index contributed by atoms with van der Waals surface area (Å²) in [5.74, 6) is 1.94. The fraction of sp³-hybridized carbons (Fsp3) is 0.286. The summed E-state index contributed by atoms with van der Waals surface area (Å²) in [5.41, 5.74) is 3.08. The van der Waals surface area contributed by atoms with Gasteiger partial charge in [0.2, 0.25) is 5.91 Å². The van der Waals surface area contributed by atoms with Crippen LogP contribution in [0.25, 0.3) is 6.08 Å². The Morgan fingerprint density at radius 3 is 2.50 bits per heavy atom. The number of hydrogen-bond donors (Lipinski definition) is 1. The lowest BCUT2D eigenvalue weighted by Crippen LogP contribution is -2.26. The van der Waals surface area contributed by atoms with E-state index in [1.165, 1.54) is 6.08 Å². The Kier molecular flexibility index (Phi) is 7.09. The Morgan fingerprint density at radius 1 is 1.00 bits per heavy atom. The molecular weight excluding hydrogens is 330 g/mol. The number of amides is 1. The molecular formula is C21H25NO4. The fourth-order valence-corrected chi connectivity index (χ4v) is 2.39. The maximum absolute atomic E-state index is 11.9. The topological polar surface area (TPSA) is 56.8 Å². The van der Waals surface area contributed by atoms with Gasteiger partial charge in [-0.25, -0.2) is 0 Å². The van der Waals surface area contributed by atoms with Gasteiger partial charge < -0.3 is 19.5 Å². The van der Waals surface area contributed by atoms with Crippen LogP contribution in [0.1, 0.15) is 16.7 Å². The second-order valence-corrected chi connectivity index (χ2v) is 5.86. The smallest absolute Gasteiger partial charge is 0.244 e. The number of nitrogens with one attached hydrogen (secondary N) is 1. The van der Waals surface area contributed by atoms with Gasteiger partial charge in [0, 0.05) is 6.08 Å². The minimum absolute atomic E-state index is 0.177. The van der Waals surface area contributed by atoms with Gasteiger partial charge in [0.25, 0.3) is 0 Å². The Morgan fingerprint density at radius 2 is 1.77 bits per heavy atom. The molecule has 0 atom stereocenters. The number of methoxy groups -OCH3 is 2. The number of carbonyl (C=O) groups excluding carboxylic acids is 1. The van der Waals surface area contributed by atoms with E-state index in [-0.39, 0.29) is 5.91 Å². The molecule has 5 heteroatoms. The van der Waals surface area contributed by atoms with E-state index in [4.69, 9.17) is 14.2 Å². The summed E-state index contributed by atoms with van der Waals surface area (Å²) in [6.45, 7) is 4.87. The van der Waals surface area contributed by atoms with Crippen molar-refractivity contribution >= 4 is 12.0 Å². The zero-order valence-corrected chi connectivity index (χ0v) is 15.7. The number of aryl methyl sites for hydroxylation is 2. The van der Waals surface area contributed by atoms with Crippen molar-refractivity contribution in [1.82, 2.24) is 5.32 Å². The van der Waals surface area contributed by atoms with Crippen molar-refractivity contribution < 1.29 is 19.0 Å². The predicted octanol–water partition coefficient (Wildman–Crippen LogP) is 3.53. The normalized spacial score (nSPS) is 10.6. The molecule has 0 saturated heterocycles. The Bertz CT molecular complexity index is 784. The summed E-state index contributed by atoms with van der Waals surface area (Å²) in [5, 5.41) is 2.80. The molecule has 0 aromatic heterocycles. The zero-order chi connectivity index (χ0) is 18.9. The third-order valence-electron chi connectivity index (χ3n) is 3.84. The quantitative estimate of drug-likeness (QED) is 0.581. The monoisotopic (exact) mass is 355 g/mol. The number of hydrogen-bond acceptors (Lipinski definition) is 4. The molecule has 5 nitrogen and oxygen atoms in total. The van der Waals surface area contributed by atoms with E-state index in [9.17, 15) is 4.79 Å². The molecule has 0 aliphatic carbocycles. The highest BCUT2D eigenvalue weighted by Gasteiger charge is 2.04. The van der Waals surface area contributed by atoms with E-state index in [1.54, 1.807) is 26.4 Å². The van der Waals surface area contributed by atoms with Gasteiger partial charge in [-0.2, -0.15) is 0 Å². The van der Waals surface area contributed by atoms with Crippen LogP contribution in [0.3, 0.4) is 0 Å². The van der Waals surface area contributed by atoms with Crippen molar-refractivity contribution in [2.75, 3.05) is 27.4 Å². The SMILES string of the molecule is COc1ccc(/C=C/C(=O)NCCOc2cc(C)ccc2C)cc1OC. The van der Waals surface area contributed by atoms with Crippen molar-refractivity contribution in [3.63, 3.8) is 0 Å². The van der Waals surface area contributed by atoms with E-state index in [2.05, 4.69) is 5.32 Å². The largest absolute Gasteiger partial charge is 0.493 e. The zero-order valence-electron chi connectivity index (χ0n) is 15.7. The van der Waals surface area contributed by atoms with Gasteiger partial charge in [-0.15, -0.1) is 0 Å². The van der Waals surface area contributed by atoms with Gasteiger partial charge in [-0.3, -0.25) is 4.79 Å². The van der Waals surface area contributed by atoms with Gasteiger partial charge in [0.15, 0.2) is 11.5 Å². The first-order valence-corrected chi connectivity index (χ1v) is 8.41. The maximum atomic E-state index is 11.9. The van der Waals surface area contributed by atoms with Crippen LogP contribution in [-0.2, 0) is 4.79 Å². The summed E-state index contributed by atoms with van der Waals surface area (Å²) >= 11 is 0. The molecule has 0 unspecified atom stereocenters. The number of ether oxygens (including phenoxy) is 3. The summed E-state index contributed by atoms with van der Waals surface area (Å²) in [7, 11) is 3.16. The number of carbonyl (C=O) groups is 1. The van der Waals surface area contributed by atoms with Crippen LogP contribution in [0.2, 0.25) is 0 Å². The Hall–Kier alpha value is -2.95. The lowest BCUT2D eigenvalue weighted by Gasteiger charge is -2.10. The molecule has 26 heavy (non-hydrogen) atoms. The third kappa shape index (κ3) is 5.55. The van der Waals surface area contributed by atoms with Gasteiger partial charge in [-0.1, -0.05) is 18.2 Å². The molecule has 138 valence electrons. The van der Waals surface area contributed by atoms with Crippen LogP contribution < -0.4 is 19.5 Å². The molecule has 2 rings (SSSR count). The summed E-state index contributed by atoms with van der Waals surface area (Å²) in [6.07, 6.45) is 3.21. The lowest BCUT2D eigenvalue weighted by atomic mass is 10.1. The first-order chi connectivity index (χ1) is 12.5. The Labute approximate surface area is 154 Å². The molecule has 2 aromatic rings. The van der Waals surface area contributed by atoms with Crippen LogP contribution in [0, 0.1) is 13.8 Å². The van der Waals surface area contributed by atoms with Crippen molar-refractivity contribution in [2.45, 2.75) is 13.8 Å². The van der Waals surface area contributed by atoms with Crippen LogP contribution in [-0.4, -0.2) is 33.3 Å². The van der Waals surface area contributed by atoms with Gasteiger partial charge in [0.05, 0.1) is 20.8 Å². The van der Waals surface area contributed by atoms with Crippen LogP contribution in [0.4, 0.5) is 0 Å². The second kappa shape index (κ2) is 9.51. The highest BCUT2D eigenvalue weighted by atomic mass is 16.5. The summed E-state index contributed by atoms with van der Waals surface area (Å²) in [6, 6.07) is 11.5. The minimum atomic E-state index is -0.177. The van der Waals surface area contributed by atoms with Crippen LogP contribution in [0.15, 0.2) is 42.5 Å². The number of rotatable bonds is 8. The van der Waals surface area contributed by atoms with E-state index in [1.807, 2.05) is 44.2 Å². The summed E-state index contributed by atoms with van der Waals surface area (Å²) in [4.78, 5) is 11.9. The Balaban J connectivity index is 1.81. The van der Waals surface area contributed by atoms with Gasteiger partial charge in [0.1, 0.15) is 12.4 Å². The number of benzene rings is 2. The van der Waals surface area contributed by atoms with Crippen molar-refractivity contribution in [3.8, 4) is 17.2 Å².